The smallest absolute Gasteiger partial charge is 0.322 e. The van der Waals surface area contributed by atoms with Crippen molar-refractivity contribution in [3.05, 3.63) is 48.4 Å². The molecule has 0 aromatic carbocycles. The number of carbonyl (C=O) groups is 1. The van der Waals surface area contributed by atoms with Gasteiger partial charge in [-0.15, -0.1) is 0 Å². The SMILES string of the molecule is CN(C)CCN(Cc1cccnc1)C(=O)Nc1ccc(N(C)C)nc1. The van der Waals surface area contributed by atoms with Crippen LogP contribution in [-0.2, 0) is 6.54 Å². The third kappa shape index (κ3) is 6.04. The van der Waals surface area contributed by atoms with Gasteiger partial charge in [0.2, 0.25) is 0 Å². The summed E-state index contributed by atoms with van der Waals surface area (Å²) in [6.07, 6.45) is 5.18. The summed E-state index contributed by atoms with van der Waals surface area (Å²) in [5.41, 5.74) is 1.68. The van der Waals surface area contributed by atoms with E-state index < -0.39 is 0 Å². The van der Waals surface area contributed by atoms with E-state index in [4.69, 9.17) is 0 Å². The van der Waals surface area contributed by atoms with Crippen molar-refractivity contribution in [2.75, 3.05) is 51.5 Å². The fraction of sp³-hybridized carbons (Fsp3) is 0.389. The van der Waals surface area contributed by atoms with Gasteiger partial charge in [-0.25, -0.2) is 9.78 Å². The molecule has 0 aliphatic carbocycles. The molecule has 1 N–H and O–H groups in total. The molecule has 25 heavy (non-hydrogen) atoms. The summed E-state index contributed by atoms with van der Waals surface area (Å²) in [7, 11) is 7.84. The van der Waals surface area contributed by atoms with Crippen LogP contribution in [0, 0.1) is 0 Å². The number of hydrogen-bond acceptors (Lipinski definition) is 5. The van der Waals surface area contributed by atoms with Crippen LogP contribution in [0.15, 0.2) is 42.9 Å². The first-order valence-electron chi connectivity index (χ1n) is 8.18. The summed E-state index contributed by atoms with van der Waals surface area (Å²) >= 11 is 0. The van der Waals surface area contributed by atoms with E-state index in [9.17, 15) is 4.79 Å². The topological polar surface area (TPSA) is 64.6 Å². The molecule has 0 bridgehead atoms. The number of aromatic nitrogens is 2. The molecule has 0 unspecified atom stereocenters. The van der Waals surface area contributed by atoms with Crippen molar-refractivity contribution in [2.24, 2.45) is 0 Å². The second kappa shape index (κ2) is 8.98. The van der Waals surface area contributed by atoms with Crippen LogP contribution >= 0.6 is 0 Å². The molecule has 0 fully saturated rings. The summed E-state index contributed by atoms with van der Waals surface area (Å²) in [6.45, 7) is 1.92. The Hall–Kier alpha value is -2.67. The zero-order valence-electron chi connectivity index (χ0n) is 15.3. The molecule has 2 rings (SSSR count). The minimum atomic E-state index is -0.148. The van der Waals surface area contributed by atoms with Gasteiger partial charge in [0.15, 0.2) is 0 Å². The van der Waals surface area contributed by atoms with Crippen LogP contribution in [0.3, 0.4) is 0 Å². The summed E-state index contributed by atoms with van der Waals surface area (Å²) in [5.74, 6) is 0.845. The molecule has 134 valence electrons. The lowest BCUT2D eigenvalue weighted by Gasteiger charge is -2.25. The van der Waals surface area contributed by atoms with Gasteiger partial charge in [0.1, 0.15) is 5.82 Å². The number of likely N-dealkylation sites (N-methyl/N-ethyl adjacent to an activating group) is 1. The van der Waals surface area contributed by atoms with Crippen LogP contribution in [0.1, 0.15) is 5.56 Å². The summed E-state index contributed by atoms with van der Waals surface area (Å²) in [6, 6.07) is 7.43. The lowest BCUT2D eigenvalue weighted by Crippen LogP contribution is -2.39. The molecule has 2 aromatic rings. The number of pyridine rings is 2. The average Bonchev–Trinajstić information content (AvgIpc) is 2.59. The predicted octanol–water partition coefficient (Wildman–Crippen LogP) is 2.14. The Balaban J connectivity index is 2.05. The molecule has 7 heteroatoms. The quantitative estimate of drug-likeness (QED) is 0.835. The molecule has 0 saturated carbocycles. The van der Waals surface area contributed by atoms with E-state index in [1.807, 2.05) is 57.4 Å². The van der Waals surface area contributed by atoms with E-state index in [1.165, 1.54) is 0 Å². The fourth-order valence-electron chi connectivity index (χ4n) is 2.21. The van der Waals surface area contributed by atoms with Gasteiger partial charge >= 0.3 is 6.03 Å². The number of nitrogens with zero attached hydrogens (tertiary/aromatic N) is 5. The lowest BCUT2D eigenvalue weighted by molar-refractivity contribution is 0.202. The molecule has 0 aliphatic rings. The van der Waals surface area contributed by atoms with Crippen LogP contribution in [-0.4, -0.2) is 67.1 Å². The van der Waals surface area contributed by atoms with Gasteiger partial charge in [0.05, 0.1) is 11.9 Å². The highest BCUT2D eigenvalue weighted by Crippen LogP contribution is 2.13. The molecule has 2 amide bonds. The van der Waals surface area contributed by atoms with Crippen LogP contribution in [0.5, 0.6) is 0 Å². The molecule has 2 heterocycles. The number of amides is 2. The van der Waals surface area contributed by atoms with Gasteiger partial charge in [-0.05, 0) is 37.9 Å². The van der Waals surface area contributed by atoms with Crippen LogP contribution in [0.4, 0.5) is 16.3 Å². The van der Waals surface area contributed by atoms with Gasteiger partial charge in [-0.2, -0.15) is 0 Å². The second-order valence-corrected chi connectivity index (χ2v) is 6.32. The molecule has 0 spiro atoms. The molecular formula is C18H26N6O. The standard InChI is InChI=1S/C18H26N6O/c1-22(2)10-11-24(14-15-6-5-9-19-12-15)18(25)21-16-7-8-17(20-13-16)23(3)4/h5-9,12-13H,10-11,14H2,1-4H3,(H,21,25). The van der Waals surface area contributed by atoms with Gasteiger partial charge in [0.25, 0.3) is 0 Å². The number of anilines is 2. The largest absolute Gasteiger partial charge is 0.363 e. The third-order valence-corrected chi connectivity index (χ3v) is 3.66. The van der Waals surface area contributed by atoms with E-state index in [-0.39, 0.29) is 6.03 Å². The molecule has 0 atom stereocenters. The number of urea groups is 1. The van der Waals surface area contributed by atoms with E-state index in [0.717, 1.165) is 17.9 Å². The number of carbonyl (C=O) groups excluding carboxylic acids is 1. The highest BCUT2D eigenvalue weighted by atomic mass is 16.2. The Morgan fingerprint density at radius 2 is 1.88 bits per heavy atom. The molecular weight excluding hydrogens is 316 g/mol. The average molecular weight is 342 g/mol. The fourth-order valence-corrected chi connectivity index (χ4v) is 2.21. The Kier molecular flexibility index (Phi) is 6.71. The summed E-state index contributed by atoms with van der Waals surface area (Å²) in [5, 5.41) is 2.92. The van der Waals surface area contributed by atoms with Crippen LogP contribution in [0.2, 0.25) is 0 Å². The van der Waals surface area contributed by atoms with Gasteiger partial charge in [-0.3, -0.25) is 4.98 Å². The van der Waals surface area contributed by atoms with E-state index in [2.05, 4.69) is 20.2 Å². The Morgan fingerprint density at radius 1 is 1.08 bits per heavy atom. The van der Waals surface area contributed by atoms with Crippen molar-refractivity contribution in [2.45, 2.75) is 6.54 Å². The maximum Gasteiger partial charge on any atom is 0.322 e. The highest BCUT2D eigenvalue weighted by molar-refractivity contribution is 5.89. The normalized spacial score (nSPS) is 10.6. The van der Waals surface area contributed by atoms with E-state index in [1.54, 1.807) is 23.5 Å². The van der Waals surface area contributed by atoms with Crippen molar-refractivity contribution in [1.29, 1.82) is 0 Å². The number of rotatable bonds is 7. The molecule has 7 nitrogen and oxygen atoms in total. The molecule has 0 saturated heterocycles. The zero-order chi connectivity index (χ0) is 18.2. The van der Waals surface area contributed by atoms with Gasteiger partial charge < -0.3 is 20.0 Å². The maximum absolute atomic E-state index is 12.7. The molecule has 0 radical (unpaired) electrons. The van der Waals surface area contributed by atoms with E-state index in [0.29, 0.717) is 18.8 Å². The first-order valence-corrected chi connectivity index (χ1v) is 8.18. The zero-order valence-corrected chi connectivity index (χ0v) is 15.3. The molecule has 2 aromatic heterocycles. The Morgan fingerprint density at radius 3 is 2.44 bits per heavy atom. The number of nitrogens with one attached hydrogen (secondary N) is 1. The van der Waals surface area contributed by atoms with Crippen LogP contribution in [0.25, 0.3) is 0 Å². The first-order chi connectivity index (χ1) is 12.0. The second-order valence-electron chi connectivity index (χ2n) is 6.32. The van der Waals surface area contributed by atoms with Crippen molar-refractivity contribution >= 4 is 17.5 Å². The summed E-state index contributed by atoms with van der Waals surface area (Å²) < 4.78 is 0. The highest BCUT2D eigenvalue weighted by Gasteiger charge is 2.15. The van der Waals surface area contributed by atoms with Gasteiger partial charge in [0, 0.05) is 46.1 Å². The first kappa shape index (κ1) is 18.7. The Bertz CT molecular complexity index is 657. The van der Waals surface area contributed by atoms with Crippen LogP contribution < -0.4 is 10.2 Å². The van der Waals surface area contributed by atoms with Gasteiger partial charge in [-0.1, -0.05) is 6.07 Å². The number of hydrogen-bond donors (Lipinski definition) is 1. The van der Waals surface area contributed by atoms with Crippen molar-refractivity contribution in [3.8, 4) is 0 Å². The predicted molar refractivity (Wildman–Crippen MR) is 101 cm³/mol. The minimum absolute atomic E-state index is 0.148. The maximum atomic E-state index is 12.7. The van der Waals surface area contributed by atoms with Crippen molar-refractivity contribution in [3.63, 3.8) is 0 Å². The van der Waals surface area contributed by atoms with Crippen molar-refractivity contribution in [1.82, 2.24) is 19.8 Å². The lowest BCUT2D eigenvalue weighted by atomic mass is 10.2. The molecule has 0 aliphatic heterocycles. The van der Waals surface area contributed by atoms with E-state index >= 15 is 0 Å². The third-order valence-electron chi connectivity index (χ3n) is 3.66. The Labute approximate surface area is 149 Å². The summed E-state index contributed by atoms with van der Waals surface area (Å²) in [4.78, 5) is 26.9. The monoisotopic (exact) mass is 342 g/mol. The van der Waals surface area contributed by atoms with Crippen molar-refractivity contribution < 1.29 is 4.79 Å². The minimum Gasteiger partial charge on any atom is -0.363 e.